The van der Waals surface area contributed by atoms with Gasteiger partial charge in [0.2, 0.25) is 5.92 Å². The van der Waals surface area contributed by atoms with Crippen molar-refractivity contribution in [3.8, 4) is 0 Å². The van der Waals surface area contributed by atoms with E-state index in [0.717, 1.165) is 11.4 Å². The minimum atomic E-state index is -2.46. The second kappa shape index (κ2) is 3.86. The van der Waals surface area contributed by atoms with Gasteiger partial charge in [0.25, 0.3) is 0 Å². The first-order valence-corrected chi connectivity index (χ1v) is 6.01. The molecule has 0 saturated heterocycles. The summed E-state index contributed by atoms with van der Waals surface area (Å²) in [5.74, 6) is -2.46. The molecule has 2 nitrogen and oxygen atoms in total. The predicted molar refractivity (Wildman–Crippen MR) is 64.0 cm³/mol. The molecule has 3 rings (SSSR count). The monoisotopic (exact) mass is 237 g/mol. The van der Waals surface area contributed by atoms with Gasteiger partial charge in [0.1, 0.15) is 6.67 Å². The molecule has 1 aromatic rings. The molecule has 0 atom stereocenters. The molecule has 0 unspecified atom stereocenters. The fraction of sp³-hybridized carbons (Fsp3) is 0.462. The quantitative estimate of drug-likeness (QED) is 0.802. The molecule has 91 valence electrons. The molecule has 1 heterocycles. The van der Waals surface area contributed by atoms with Crippen LogP contribution in [0.2, 0.25) is 0 Å². The highest BCUT2D eigenvalue weighted by atomic mass is 19.3. The summed E-state index contributed by atoms with van der Waals surface area (Å²) in [6, 6.07) is 8.18. The van der Waals surface area contributed by atoms with Crippen molar-refractivity contribution in [2.75, 3.05) is 10.2 Å². The van der Waals surface area contributed by atoms with E-state index in [1.54, 1.807) is 0 Å². The summed E-state index contributed by atoms with van der Waals surface area (Å²) in [6.07, 6.45) is 1.12. The topological polar surface area (TPSA) is 15.3 Å². The zero-order valence-corrected chi connectivity index (χ0v) is 9.50. The average Bonchev–Trinajstić information content (AvgIpc) is 2.73. The number of fused-ring (bicyclic) bond motifs is 1. The van der Waals surface area contributed by atoms with Crippen molar-refractivity contribution >= 4 is 11.4 Å². The Morgan fingerprint density at radius 3 is 2.65 bits per heavy atom. The summed E-state index contributed by atoms with van der Waals surface area (Å²) < 4.78 is 26.2. The molecule has 1 aromatic carbocycles. The third-order valence-corrected chi connectivity index (χ3v) is 3.62. The van der Waals surface area contributed by atoms with Crippen molar-refractivity contribution in [3.63, 3.8) is 0 Å². The van der Waals surface area contributed by atoms with Gasteiger partial charge in [-0.1, -0.05) is 12.1 Å². The molecular formula is C13H15F2N2. The highest BCUT2D eigenvalue weighted by Gasteiger charge is 2.38. The van der Waals surface area contributed by atoms with Crippen LogP contribution in [-0.4, -0.2) is 12.0 Å². The fourth-order valence-electron chi connectivity index (χ4n) is 2.63. The van der Waals surface area contributed by atoms with Crippen LogP contribution in [0.15, 0.2) is 24.3 Å². The summed E-state index contributed by atoms with van der Waals surface area (Å²) in [7, 11) is 0. The molecule has 0 bridgehead atoms. The van der Waals surface area contributed by atoms with Gasteiger partial charge in [0.05, 0.1) is 11.4 Å². The maximum absolute atomic E-state index is 13.1. The number of para-hydroxylation sites is 2. The van der Waals surface area contributed by atoms with Gasteiger partial charge in [-0.05, 0) is 25.0 Å². The number of nitrogens with zero attached hydrogens (tertiary/aromatic N) is 1. The lowest BCUT2D eigenvalue weighted by molar-refractivity contribution is -0.0376. The maximum atomic E-state index is 13.1. The molecular weight excluding hydrogens is 222 g/mol. The second-order valence-electron chi connectivity index (χ2n) is 4.78. The van der Waals surface area contributed by atoms with Crippen molar-refractivity contribution in [2.24, 2.45) is 0 Å². The van der Waals surface area contributed by atoms with E-state index in [4.69, 9.17) is 0 Å². The molecule has 17 heavy (non-hydrogen) atoms. The minimum absolute atomic E-state index is 0.00414. The van der Waals surface area contributed by atoms with E-state index in [1.165, 1.54) is 0 Å². The average molecular weight is 237 g/mol. The van der Waals surface area contributed by atoms with Gasteiger partial charge in [0, 0.05) is 18.9 Å². The molecule has 0 aromatic heterocycles. The Morgan fingerprint density at radius 2 is 1.88 bits per heavy atom. The second-order valence-corrected chi connectivity index (χ2v) is 4.78. The van der Waals surface area contributed by atoms with E-state index in [-0.39, 0.29) is 18.9 Å². The number of anilines is 2. The smallest absolute Gasteiger partial charge is 0.248 e. The van der Waals surface area contributed by atoms with Crippen LogP contribution in [0.5, 0.6) is 0 Å². The number of hydrogen-bond donors (Lipinski definition) is 1. The number of alkyl halides is 2. The van der Waals surface area contributed by atoms with Gasteiger partial charge < -0.3 is 10.2 Å². The zero-order chi connectivity index (χ0) is 11.9. The number of rotatable bonds is 1. The molecule has 1 saturated carbocycles. The SMILES string of the molecule is FC1(F)CCC(N2[CH]Nc3ccccc32)CC1. The van der Waals surface area contributed by atoms with Crippen molar-refractivity contribution in [2.45, 2.75) is 37.6 Å². The summed E-state index contributed by atoms with van der Waals surface area (Å²) in [5, 5.41) is 3.18. The lowest BCUT2D eigenvalue weighted by Crippen LogP contribution is -2.38. The van der Waals surface area contributed by atoms with Gasteiger partial charge in [-0.2, -0.15) is 0 Å². The van der Waals surface area contributed by atoms with Crippen LogP contribution in [0.1, 0.15) is 25.7 Å². The van der Waals surface area contributed by atoms with Gasteiger partial charge in [-0.25, -0.2) is 8.78 Å². The largest absolute Gasteiger partial charge is 0.360 e. The molecule has 1 N–H and O–H groups in total. The highest BCUT2D eigenvalue weighted by Crippen LogP contribution is 2.41. The molecule has 0 spiro atoms. The standard InChI is InChI=1S/C13H15F2N2/c14-13(15)7-5-10(6-8-13)17-9-16-11-3-1-2-4-12(11)17/h1-4,9-10,16H,5-8H2. The fourth-order valence-corrected chi connectivity index (χ4v) is 2.63. The number of nitrogens with one attached hydrogen (secondary N) is 1. The number of halogens is 2. The lowest BCUT2D eigenvalue weighted by Gasteiger charge is -2.35. The van der Waals surface area contributed by atoms with E-state index in [1.807, 2.05) is 30.9 Å². The van der Waals surface area contributed by atoms with Crippen molar-refractivity contribution < 1.29 is 8.78 Å². The van der Waals surface area contributed by atoms with Crippen LogP contribution < -0.4 is 10.2 Å². The van der Waals surface area contributed by atoms with Crippen molar-refractivity contribution in [1.82, 2.24) is 0 Å². The molecule has 1 fully saturated rings. The molecule has 2 aliphatic rings. The van der Waals surface area contributed by atoms with E-state index in [9.17, 15) is 8.78 Å². The Kier molecular flexibility index (Phi) is 2.45. The Labute approximate surface area is 99.6 Å². The highest BCUT2D eigenvalue weighted by molar-refractivity contribution is 5.77. The normalized spacial score (nSPS) is 23.3. The van der Waals surface area contributed by atoms with Crippen LogP contribution in [0.25, 0.3) is 0 Å². The molecule has 0 amide bonds. The summed E-state index contributed by atoms with van der Waals surface area (Å²) in [6.45, 7) is 1.90. The Bertz CT molecular complexity index is 410. The van der Waals surface area contributed by atoms with Gasteiger partial charge in [-0.3, -0.25) is 0 Å². The van der Waals surface area contributed by atoms with E-state index < -0.39 is 5.92 Å². The van der Waals surface area contributed by atoms with E-state index >= 15 is 0 Å². The van der Waals surface area contributed by atoms with Crippen LogP contribution in [0.4, 0.5) is 20.2 Å². The Balaban J connectivity index is 1.75. The first kappa shape index (κ1) is 10.8. The van der Waals surface area contributed by atoms with Crippen LogP contribution in [0.3, 0.4) is 0 Å². The number of hydrogen-bond acceptors (Lipinski definition) is 2. The van der Waals surface area contributed by atoms with Crippen LogP contribution in [-0.2, 0) is 0 Å². The van der Waals surface area contributed by atoms with Gasteiger partial charge in [0.15, 0.2) is 0 Å². The van der Waals surface area contributed by atoms with Gasteiger partial charge in [-0.15, -0.1) is 0 Å². The summed E-state index contributed by atoms with van der Waals surface area (Å²) in [5.41, 5.74) is 2.16. The van der Waals surface area contributed by atoms with E-state index in [2.05, 4.69) is 10.2 Å². The minimum Gasteiger partial charge on any atom is -0.360 e. The van der Waals surface area contributed by atoms with Crippen molar-refractivity contribution in [1.29, 1.82) is 0 Å². The maximum Gasteiger partial charge on any atom is 0.248 e. The Morgan fingerprint density at radius 1 is 1.18 bits per heavy atom. The van der Waals surface area contributed by atoms with Gasteiger partial charge >= 0.3 is 0 Å². The summed E-state index contributed by atoms with van der Waals surface area (Å²) >= 11 is 0. The molecule has 1 radical (unpaired) electrons. The van der Waals surface area contributed by atoms with Crippen LogP contribution >= 0.6 is 0 Å². The lowest BCUT2D eigenvalue weighted by atomic mass is 9.91. The first-order valence-electron chi connectivity index (χ1n) is 6.01. The predicted octanol–water partition coefficient (Wildman–Crippen LogP) is 3.62. The van der Waals surface area contributed by atoms with E-state index in [0.29, 0.717) is 12.8 Å². The zero-order valence-electron chi connectivity index (χ0n) is 9.50. The molecule has 1 aliphatic heterocycles. The number of benzene rings is 1. The van der Waals surface area contributed by atoms with Crippen molar-refractivity contribution in [3.05, 3.63) is 30.9 Å². The first-order chi connectivity index (χ1) is 8.16. The third-order valence-electron chi connectivity index (χ3n) is 3.62. The van der Waals surface area contributed by atoms with Crippen LogP contribution in [0, 0.1) is 6.67 Å². The third kappa shape index (κ3) is 1.96. The Hall–Kier alpha value is -1.32. The summed E-state index contributed by atoms with van der Waals surface area (Å²) in [4.78, 5) is 2.10. The molecule has 4 heteroatoms. The molecule has 1 aliphatic carbocycles.